The number of nitro groups is 1. The van der Waals surface area contributed by atoms with Crippen LogP contribution < -0.4 is 10.1 Å². The van der Waals surface area contributed by atoms with Gasteiger partial charge in [-0.3, -0.25) is 19.7 Å². The number of nitrogens with zero attached hydrogens (tertiary/aromatic N) is 1. The lowest BCUT2D eigenvalue weighted by Crippen LogP contribution is -2.25. The molecule has 1 aliphatic rings. The first-order valence-corrected chi connectivity index (χ1v) is 7.55. The highest BCUT2D eigenvalue weighted by molar-refractivity contribution is 6.32. The fraction of sp³-hybridized carbons (Fsp3) is 0.0588. The number of carbonyl (C=O) groups excluding carboxylic acids is 2. The van der Waals surface area contributed by atoms with Gasteiger partial charge in [0, 0.05) is 11.6 Å². The van der Waals surface area contributed by atoms with E-state index >= 15 is 0 Å². The van der Waals surface area contributed by atoms with Crippen LogP contribution in [0.3, 0.4) is 0 Å². The lowest BCUT2D eigenvalue weighted by atomic mass is 10.1. The van der Waals surface area contributed by atoms with Crippen molar-refractivity contribution in [2.45, 2.75) is 0 Å². The molecule has 1 N–H and O–H groups in total. The van der Waals surface area contributed by atoms with E-state index < -0.39 is 4.92 Å². The Balaban J connectivity index is 1.82. The molecule has 0 saturated heterocycles. The smallest absolute Gasteiger partial charge is 0.288 e. The van der Waals surface area contributed by atoms with Crippen LogP contribution in [0.25, 0.3) is 6.08 Å². The quantitative estimate of drug-likeness (QED) is 0.390. The normalized spacial score (nSPS) is 13.1. The van der Waals surface area contributed by atoms with Gasteiger partial charge in [-0.1, -0.05) is 23.7 Å². The van der Waals surface area contributed by atoms with Crippen LogP contribution in [0, 0.1) is 10.1 Å². The van der Waals surface area contributed by atoms with Crippen LogP contribution in [0.2, 0.25) is 5.02 Å². The molecule has 0 radical (unpaired) electrons. The van der Waals surface area contributed by atoms with Crippen LogP contribution in [-0.4, -0.2) is 23.2 Å². The lowest BCUT2D eigenvalue weighted by Gasteiger charge is -2.17. The van der Waals surface area contributed by atoms with Gasteiger partial charge in [0.25, 0.3) is 11.6 Å². The Bertz CT molecular complexity index is 923. The summed E-state index contributed by atoms with van der Waals surface area (Å²) in [4.78, 5) is 33.9. The van der Waals surface area contributed by atoms with E-state index in [1.807, 2.05) is 0 Å². The molecule has 0 saturated carbocycles. The summed E-state index contributed by atoms with van der Waals surface area (Å²) < 4.78 is 5.23. The minimum absolute atomic E-state index is 0.0268. The third-order valence-electron chi connectivity index (χ3n) is 3.49. The number of ether oxygens (including phenoxy) is 1. The number of allylic oxidation sites excluding steroid dienone is 1. The van der Waals surface area contributed by atoms with Crippen molar-refractivity contribution in [3.63, 3.8) is 0 Å². The van der Waals surface area contributed by atoms with Crippen molar-refractivity contribution < 1.29 is 19.2 Å². The first-order chi connectivity index (χ1) is 11.9. The summed E-state index contributed by atoms with van der Waals surface area (Å²) in [5.41, 5.74) is 1.02. The third-order valence-corrected chi connectivity index (χ3v) is 3.81. The Morgan fingerprint density at radius 1 is 1.28 bits per heavy atom. The van der Waals surface area contributed by atoms with E-state index in [1.54, 1.807) is 18.2 Å². The molecule has 126 valence electrons. The molecule has 1 aliphatic heterocycles. The molecule has 0 aromatic heterocycles. The van der Waals surface area contributed by atoms with Crippen molar-refractivity contribution in [3.05, 3.63) is 68.7 Å². The molecular weight excluding hydrogens is 348 g/mol. The Kier molecular flexibility index (Phi) is 4.49. The van der Waals surface area contributed by atoms with E-state index in [0.717, 1.165) is 0 Å². The van der Waals surface area contributed by atoms with Crippen molar-refractivity contribution in [2.24, 2.45) is 0 Å². The number of carbonyl (C=O) groups is 2. The number of anilines is 1. The number of nitro benzene ring substituents is 1. The SMILES string of the molecule is O=C1COc2ccc(C(=O)/C=C/c3ccc(Cl)c([N+](=O)[O-])c3)cc2N1. The molecule has 1 heterocycles. The van der Waals surface area contributed by atoms with Gasteiger partial charge < -0.3 is 10.1 Å². The molecule has 0 aliphatic carbocycles. The maximum atomic E-state index is 12.3. The maximum absolute atomic E-state index is 12.3. The second kappa shape index (κ2) is 6.74. The summed E-state index contributed by atoms with van der Waals surface area (Å²) in [7, 11) is 0. The molecule has 25 heavy (non-hydrogen) atoms. The number of ketones is 1. The minimum Gasteiger partial charge on any atom is -0.482 e. The van der Waals surface area contributed by atoms with Crippen LogP contribution in [0.5, 0.6) is 5.75 Å². The third kappa shape index (κ3) is 3.67. The number of benzene rings is 2. The maximum Gasteiger partial charge on any atom is 0.288 e. The van der Waals surface area contributed by atoms with Crippen molar-refractivity contribution in [2.75, 3.05) is 11.9 Å². The Morgan fingerprint density at radius 3 is 2.84 bits per heavy atom. The molecule has 0 atom stereocenters. The van der Waals surface area contributed by atoms with Gasteiger partial charge in [0.05, 0.1) is 10.6 Å². The van der Waals surface area contributed by atoms with Gasteiger partial charge in [0.1, 0.15) is 10.8 Å². The van der Waals surface area contributed by atoms with Crippen molar-refractivity contribution in [1.82, 2.24) is 0 Å². The highest BCUT2D eigenvalue weighted by Gasteiger charge is 2.17. The number of nitrogens with one attached hydrogen (secondary N) is 1. The standard InChI is InChI=1S/C17H11ClN2O5/c18-12-4-1-10(7-14(12)20(23)24)2-5-15(21)11-3-6-16-13(8-11)19-17(22)9-25-16/h1-8H,9H2,(H,19,22)/b5-2+. The second-order valence-corrected chi connectivity index (χ2v) is 5.62. The van der Waals surface area contributed by atoms with Crippen molar-refractivity contribution >= 4 is 40.7 Å². The monoisotopic (exact) mass is 358 g/mol. The van der Waals surface area contributed by atoms with E-state index in [9.17, 15) is 19.7 Å². The second-order valence-electron chi connectivity index (χ2n) is 5.21. The summed E-state index contributed by atoms with van der Waals surface area (Å²) in [6.45, 7) is -0.0600. The van der Waals surface area contributed by atoms with E-state index in [0.29, 0.717) is 22.6 Å². The predicted octanol–water partition coefficient (Wildman–Crippen LogP) is 3.48. The van der Waals surface area contributed by atoms with E-state index in [4.69, 9.17) is 16.3 Å². The minimum atomic E-state index is -0.590. The average Bonchev–Trinajstić information content (AvgIpc) is 2.59. The van der Waals surface area contributed by atoms with Gasteiger partial charge in [-0.2, -0.15) is 0 Å². The van der Waals surface area contributed by atoms with Crippen molar-refractivity contribution in [3.8, 4) is 5.75 Å². The molecule has 1 amide bonds. The molecule has 7 nitrogen and oxygen atoms in total. The van der Waals surface area contributed by atoms with Gasteiger partial charge in [-0.15, -0.1) is 0 Å². The van der Waals surface area contributed by atoms with Gasteiger partial charge in [0.2, 0.25) is 0 Å². The summed E-state index contributed by atoms with van der Waals surface area (Å²) in [6.07, 6.45) is 2.75. The lowest BCUT2D eigenvalue weighted by molar-refractivity contribution is -0.384. The first kappa shape index (κ1) is 16.7. The number of hydrogen-bond acceptors (Lipinski definition) is 5. The first-order valence-electron chi connectivity index (χ1n) is 7.17. The van der Waals surface area contributed by atoms with Crippen LogP contribution in [-0.2, 0) is 4.79 Å². The van der Waals surface area contributed by atoms with Gasteiger partial charge in [-0.05, 0) is 35.9 Å². The topological polar surface area (TPSA) is 98.5 Å². The van der Waals surface area contributed by atoms with Crippen LogP contribution in [0.4, 0.5) is 11.4 Å². The number of rotatable bonds is 4. The summed E-state index contributed by atoms with van der Waals surface area (Å²) in [5, 5.41) is 13.5. The van der Waals surface area contributed by atoms with Crippen LogP contribution >= 0.6 is 11.6 Å². The summed E-state index contributed by atoms with van der Waals surface area (Å²) in [5.74, 6) is -0.116. The number of amides is 1. The zero-order valence-electron chi connectivity index (χ0n) is 12.7. The van der Waals surface area contributed by atoms with E-state index in [2.05, 4.69) is 5.32 Å². The van der Waals surface area contributed by atoms with E-state index in [1.165, 1.54) is 30.4 Å². The largest absolute Gasteiger partial charge is 0.482 e. The molecule has 8 heteroatoms. The molecule has 0 bridgehead atoms. The molecule has 0 unspecified atom stereocenters. The van der Waals surface area contributed by atoms with Gasteiger partial charge in [-0.25, -0.2) is 0 Å². The molecule has 3 rings (SSSR count). The summed E-state index contributed by atoms with van der Waals surface area (Å²) in [6, 6.07) is 8.95. The highest BCUT2D eigenvalue weighted by Crippen LogP contribution is 2.29. The molecular formula is C17H11ClN2O5. The molecule has 0 fully saturated rings. The molecule has 2 aromatic carbocycles. The zero-order valence-corrected chi connectivity index (χ0v) is 13.4. The van der Waals surface area contributed by atoms with Crippen LogP contribution in [0.15, 0.2) is 42.5 Å². The Hall–Kier alpha value is -3.19. The van der Waals surface area contributed by atoms with Crippen LogP contribution in [0.1, 0.15) is 15.9 Å². The number of fused-ring (bicyclic) bond motifs is 1. The fourth-order valence-corrected chi connectivity index (χ4v) is 2.46. The van der Waals surface area contributed by atoms with Crippen molar-refractivity contribution in [1.29, 1.82) is 0 Å². The zero-order chi connectivity index (χ0) is 18.0. The van der Waals surface area contributed by atoms with E-state index in [-0.39, 0.29) is 29.0 Å². The molecule has 2 aromatic rings. The predicted molar refractivity (Wildman–Crippen MR) is 92.0 cm³/mol. The van der Waals surface area contributed by atoms with Gasteiger partial charge in [0.15, 0.2) is 12.4 Å². The Labute approximate surface area is 147 Å². The molecule has 0 spiro atoms. The van der Waals surface area contributed by atoms with Gasteiger partial charge >= 0.3 is 0 Å². The fourth-order valence-electron chi connectivity index (χ4n) is 2.28. The Morgan fingerprint density at radius 2 is 2.08 bits per heavy atom. The average molecular weight is 359 g/mol. The summed E-state index contributed by atoms with van der Waals surface area (Å²) >= 11 is 5.75. The highest BCUT2D eigenvalue weighted by atomic mass is 35.5. The number of halogens is 1. The number of hydrogen-bond donors (Lipinski definition) is 1.